The van der Waals surface area contributed by atoms with Crippen molar-refractivity contribution in [2.24, 2.45) is 23.2 Å². The zero-order valence-electron chi connectivity index (χ0n) is 27.3. The third-order valence-corrected chi connectivity index (χ3v) is 11.5. The number of nitrogens with one attached hydrogen (secondary N) is 1. The SMILES string of the molecule is CCCCCCCCCCCC(=O)N(C[C@@H]1CC[C@H]2C[C@@H]1C2(C)C)[C@@H]1C=C(C(=O)NCCO)[C@@H]2c3ccccc3O[C@@H]2[C@H]1O. The number of benzene rings is 1. The van der Waals surface area contributed by atoms with Gasteiger partial charge in [0.1, 0.15) is 18.0 Å². The molecule has 0 aromatic heterocycles. The van der Waals surface area contributed by atoms with Crippen LogP contribution in [0.1, 0.15) is 116 Å². The number of unbranched alkanes of at least 4 members (excludes halogenated alkanes) is 8. The van der Waals surface area contributed by atoms with E-state index in [-0.39, 0.29) is 30.4 Å². The summed E-state index contributed by atoms with van der Waals surface area (Å²) in [6.45, 7) is 7.58. The molecule has 5 aliphatic rings. The molecule has 2 amide bonds. The van der Waals surface area contributed by atoms with Crippen LogP contribution in [0.2, 0.25) is 0 Å². The summed E-state index contributed by atoms with van der Waals surface area (Å²) in [7, 11) is 0. The van der Waals surface area contributed by atoms with Gasteiger partial charge in [0.05, 0.1) is 18.6 Å². The van der Waals surface area contributed by atoms with Crippen LogP contribution in [0.15, 0.2) is 35.9 Å². The van der Waals surface area contributed by atoms with Crippen molar-refractivity contribution in [1.82, 2.24) is 10.2 Å². The Morgan fingerprint density at radius 1 is 1.02 bits per heavy atom. The van der Waals surface area contributed by atoms with E-state index >= 15 is 0 Å². The minimum atomic E-state index is -0.959. The highest BCUT2D eigenvalue weighted by Crippen LogP contribution is 2.61. The number of carbonyl (C=O) groups excluding carboxylic acids is 2. The third kappa shape index (κ3) is 6.89. The maximum Gasteiger partial charge on any atom is 0.247 e. The molecule has 0 unspecified atom stereocenters. The first-order valence-corrected chi connectivity index (χ1v) is 17.6. The minimum absolute atomic E-state index is 0.0663. The van der Waals surface area contributed by atoms with Crippen LogP contribution >= 0.6 is 0 Å². The molecular weight excluding hydrogens is 552 g/mol. The molecule has 7 nitrogen and oxygen atoms in total. The van der Waals surface area contributed by atoms with E-state index in [0.29, 0.717) is 36.1 Å². The molecular formula is C37H56N2O5. The van der Waals surface area contributed by atoms with Gasteiger partial charge in [-0.25, -0.2) is 0 Å². The second-order valence-corrected chi connectivity index (χ2v) is 14.5. The van der Waals surface area contributed by atoms with E-state index in [4.69, 9.17) is 4.74 Å². The van der Waals surface area contributed by atoms with E-state index < -0.39 is 24.2 Å². The van der Waals surface area contributed by atoms with Crippen molar-refractivity contribution in [1.29, 1.82) is 0 Å². The van der Waals surface area contributed by atoms with Crippen LogP contribution in [0.3, 0.4) is 0 Å². The molecule has 7 heteroatoms. The first-order valence-electron chi connectivity index (χ1n) is 17.6. The second-order valence-electron chi connectivity index (χ2n) is 14.5. The van der Waals surface area contributed by atoms with Crippen LogP contribution in [0.5, 0.6) is 5.75 Å². The van der Waals surface area contributed by atoms with Gasteiger partial charge in [0.2, 0.25) is 11.8 Å². The summed E-state index contributed by atoms with van der Waals surface area (Å²) in [5.41, 5.74) is 1.67. The van der Waals surface area contributed by atoms with E-state index in [1.807, 2.05) is 35.2 Å². The van der Waals surface area contributed by atoms with Gasteiger partial charge in [0.15, 0.2) is 0 Å². The molecule has 6 rings (SSSR count). The molecule has 7 atom stereocenters. The van der Waals surface area contributed by atoms with Crippen LogP contribution < -0.4 is 10.1 Å². The lowest BCUT2D eigenvalue weighted by Crippen LogP contribution is -2.59. The number of fused-ring (bicyclic) bond motifs is 5. The van der Waals surface area contributed by atoms with Gasteiger partial charge in [-0.1, -0.05) is 90.3 Å². The van der Waals surface area contributed by atoms with Crippen molar-refractivity contribution in [2.75, 3.05) is 19.7 Å². The van der Waals surface area contributed by atoms with Crippen LogP contribution in [-0.4, -0.2) is 64.9 Å². The highest BCUT2D eigenvalue weighted by Gasteiger charge is 2.56. The number of hydrogen-bond donors (Lipinski definition) is 3. The molecule has 244 valence electrons. The largest absolute Gasteiger partial charge is 0.486 e. The lowest BCUT2D eigenvalue weighted by atomic mass is 9.45. The zero-order valence-corrected chi connectivity index (χ0v) is 27.3. The van der Waals surface area contributed by atoms with E-state index in [1.165, 1.54) is 51.4 Å². The molecule has 1 aromatic carbocycles. The average Bonchev–Trinajstić information content (AvgIpc) is 3.42. The van der Waals surface area contributed by atoms with Crippen molar-refractivity contribution >= 4 is 11.8 Å². The van der Waals surface area contributed by atoms with Gasteiger partial charge in [-0.15, -0.1) is 0 Å². The maximum atomic E-state index is 14.1. The van der Waals surface area contributed by atoms with Gasteiger partial charge < -0.3 is 25.2 Å². The van der Waals surface area contributed by atoms with Gasteiger partial charge in [0, 0.05) is 30.6 Å². The van der Waals surface area contributed by atoms with Crippen molar-refractivity contribution in [3.63, 3.8) is 0 Å². The summed E-state index contributed by atoms with van der Waals surface area (Å²) >= 11 is 0. The van der Waals surface area contributed by atoms with E-state index in [0.717, 1.165) is 37.2 Å². The molecule has 0 spiro atoms. The van der Waals surface area contributed by atoms with Crippen LogP contribution in [-0.2, 0) is 9.59 Å². The summed E-state index contributed by atoms with van der Waals surface area (Å²) in [6, 6.07) is 7.00. The van der Waals surface area contributed by atoms with E-state index in [9.17, 15) is 19.8 Å². The van der Waals surface area contributed by atoms with Crippen molar-refractivity contribution in [3.05, 3.63) is 41.5 Å². The Kier molecular flexibility index (Phi) is 11.1. The Hall–Kier alpha value is -2.38. The lowest BCUT2D eigenvalue weighted by Gasteiger charge is -2.61. The summed E-state index contributed by atoms with van der Waals surface area (Å²) in [6.07, 6.45) is 14.9. The Morgan fingerprint density at radius 2 is 1.73 bits per heavy atom. The number of para-hydroxylation sites is 1. The highest BCUT2D eigenvalue weighted by atomic mass is 16.5. The number of aliphatic hydroxyl groups excluding tert-OH is 2. The quantitative estimate of drug-likeness (QED) is 0.196. The molecule has 1 aromatic rings. The van der Waals surface area contributed by atoms with Crippen molar-refractivity contribution in [3.8, 4) is 5.75 Å². The molecule has 1 aliphatic heterocycles. The Balaban J connectivity index is 1.35. The standard InChI is InChI=1S/C37H56N2O5/c1-4-5-6-7-8-9-10-11-12-17-32(41)39(24-25-18-19-26-22-29(25)37(26,2)3)30-23-28(36(43)38-20-21-40)33-27-15-13-14-16-31(27)44-35(33)34(30)42/h13-16,23,25-26,29-30,33-35,40,42H,4-12,17-22,24H2,1-3H3,(H,38,43)/t25-,26-,29-,30+,33-,34-,35-/m0/s1. The fourth-order valence-corrected chi connectivity index (χ4v) is 8.75. The van der Waals surface area contributed by atoms with Gasteiger partial charge in [-0.3, -0.25) is 9.59 Å². The number of hydrogen-bond acceptors (Lipinski definition) is 5. The van der Waals surface area contributed by atoms with Gasteiger partial charge in [0.25, 0.3) is 0 Å². The number of ether oxygens (including phenoxy) is 1. The summed E-state index contributed by atoms with van der Waals surface area (Å²) < 4.78 is 6.32. The van der Waals surface area contributed by atoms with Gasteiger partial charge in [-0.2, -0.15) is 0 Å². The molecule has 1 heterocycles. The first-order chi connectivity index (χ1) is 21.3. The zero-order chi connectivity index (χ0) is 31.3. The predicted molar refractivity (Wildman–Crippen MR) is 173 cm³/mol. The van der Waals surface area contributed by atoms with Crippen LogP contribution in [0.4, 0.5) is 0 Å². The molecule has 2 bridgehead atoms. The van der Waals surface area contributed by atoms with Crippen molar-refractivity contribution in [2.45, 2.75) is 128 Å². The molecule has 0 radical (unpaired) electrons. The number of aliphatic hydroxyl groups is 2. The molecule has 0 saturated heterocycles. The predicted octanol–water partition coefficient (Wildman–Crippen LogP) is 6.13. The van der Waals surface area contributed by atoms with Crippen LogP contribution in [0.25, 0.3) is 0 Å². The number of rotatable bonds is 16. The Labute approximate surface area is 264 Å². The Bertz CT molecular complexity index is 1160. The number of carbonyl (C=O) groups is 2. The summed E-state index contributed by atoms with van der Waals surface area (Å²) in [5.74, 6) is 1.75. The minimum Gasteiger partial charge on any atom is -0.486 e. The first kappa shape index (κ1) is 33.0. The maximum absolute atomic E-state index is 14.1. The van der Waals surface area contributed by atoms with E-state index in [2.05, 4.69) is 26.1 Å². The van der Waals surface area contributed by atoms with E-state index in [1.54, 1.807) is 0 Å². The number of amides is 2. The smallest absolute Gasteiger partial charge is 0.247 e. The monoisotopic (exact) mass is 608 g/mol. The summed E-state index contributed by atoms with van der Waals surface area (Å²) in [5, 5.41) is 24.1. The normalized spacial score (nSPS) is 29.5. The third-order valence-electron chi connectivity index (χ3n) is 11.5. The molecule has 3 saturated carbocycles. The Morgan fingerprint density at radius 3 is 2.41 bits per heavy atom. The molecule has 3 fully saturated rings. The summed E-state index contributed by atoms with van der Waals surface area (Å²) in [4.78, 5) is 29.5. The lowest BCUT2D eigenvalue weighted by molar-refractivity contribution is -0.146. The topological polar surface area (TPSA) is 99.1 Å². The fraction of sp³-hybridized carbons (Fsp3) is 0.730. The highest BCUT2D eigenvalue weighted by molar-refractivity contribution is 5.96. The van der Waals surface area contributed by atoms with Gasteiger partial charge in [-0.05, 0) is 61.0 Å². The van der Waals surface area contributed by atoms with Gasteiger partial charge >= 0.3 is 0 Å². The molecule has 44 heavy (non-hydrogen) atoms. The second kappa shape index (κ2) is 14.8. The fourth-order valence-electron chi connectivity index (χ4n) is 8.75. The number of nitrogens with zero attached hydrogens (tertiary/aromatic N) is 1. The molecule has 3 N–H and O–H groups in total. The average molecular weight is 609 g/mol. The van der Waals surface area contributed by atoms with Crippen LogP contribution in [0, 0.1) is 23.2 Å². The van der Waals surface area contributed by atoms with Crippen molar-refractivity contribution < 1.29 is 24.5 Å². The molecule has 4 aliphatic carbocycles.